The molecule has 0 aromatic rings. The first-order chi connectivity index (χ1) is 8.29. The number of thioether (sulfide) groups is 1. The summed E-state index contributed by atoms with van der Waals surface area (Å²) in [4.78, 5) is 0. The van der Waals surface area contributed by atoms with Gasteiger partial charge in [-0.05, 0) is 62.4 Å². The van der Waals surface area contributed by atoms with E-state index in [1.54, 1.807) is 0 Å². The van der Waals surface area contributed by atoms with Gasteiger partial charge in [0.25, 0.3) is 0 Å². The van der Waals surface area contributed by atoms with Crippen LogP contribution in [-0.2, 0) is 0 Å². The number of hydrogen-bond acceptors (Lipinski definition) is 2. The molecule has 2 aliphatic rings. The Morgan fingerprint density at radius 2 is 2.00 bits per heavy atom. The fraction of sp³-hybridized carbons (Fsp3) is 1.00. The second-order valence-corrected chi connectivity index (χ2v) is 7.41. The molecule has 3 atom stereocenters. The summed E-state index contributed by atoms with van der Waals surface area (Å²) >= 11 is 2.07. The summed E-state index contributed by atoms with van der Waals surface area (Å²) in [5.74, 6) is 4.77. The van der Waals surface area contributed by atoms with E-state index in [2.05, 4.69) is 30.9 Å². The summed E-state index contributed by atoms with van der Waals surface area (Å²) in [5.41, 5.74) is 0. The lowest BCUT2D eigenvalue weighted by molar-refractivity contribution is 0.248. The number of hydrogen-bond donors (Lipinski definition) is 1. The summed E-state index contributed by atoms with van der Waals surface area (Å²) in [5, 5.41) is 3.88. The van der Waals surface area contributed by atoms with Crippen molar-refractivity contribution in [1.29, 1.82) is 0 Å². The first-order valence-electron chi connectivity index (χ1n) is 7.63. The van der Waals surface area contributed by atoms with E-state index in [1.165, 1.54) is 56.5 Å². The first kappa shape index (κ1) is 13.7. The maximum absolute atomic E-state index is 3.88. The second-order valence-electron chi connectivity index (χ2n) is 6.01. The molecule has 2 heteroatoms. The first-order valence-corrected chi connectivity index (χ1v) is 8.78. The van der Waals surface area contributed by atoms with Crippen LogP contribution in [0, 0.1) is 11.8 Å². The van der Waals surface area contributed by atoms with Crippen molar-refractivity contribution in [2.45, 2.75) is 70.9 Å². The van der Waals surface area contributed by atoms with Crippen LogP contribution in [0.3, 0.4) is 0 Å². The molecule has 100 valence electrons. The van der Waals surface area contributed by atoms with Crippen molar-refractivity contribution < 1.29 is 0 Å². The Morgan fingerprint density at radius 1 is 1.18 bits per heavy atom. The molecule has 0 heterocycles. The molecule has 0 amide bonds. The lowest BCUT2D eigenvalue weighted by atomic mass is 9.82. The zero-order valence-electron chi connectivity index (χ0n) is 11.6. The Bertz CT molecular complexity index is 215. The van der Waals surface area contributed by atoms with Crippen molar-refractivity contribution in [3.63, 3.8) is 0 Å². The van der Waals surface area contributed by atoms with Gasteiger partial charge >= 0.3 is 0 Å². The predicted octanol–water partition coefficient (Wildman–Crippen LogP) is 4.08. The minimum absolute atomic E-state index is 0.719. The molecular formula is C15H29NS. The Labute approximate surface area is 112 Å². The molecule has 0 aromatic heterocycles. The molecule has 1 N–H and O–H groups in total. The van der Waals surface area contributed by atoms with Crippen LogP contribution in [-0.4, -0.2) is 23.6 Å². The van der Waals surface area contributed by atoms with E-state index in [0.717, 1.165) is 23.9 Å². The molecule has 2 rings (SSSR count). The van der Waals surface area contributed by atoms with Gasteiger partial charge in [-0.3, -0.25) is 0 Å². The van der Waals surface area contributed by atoms with Crippen molar-refractivity contribution in [1.82, 2.24) is 5.32 Å². The van der Waals surface area contributed by atoms with Gasteiger partial charge in [0, 0.05) is 12.1 Å². The third-order valence-corrected chi connectivity index (χ3v) is 5.36. The monoisotopic (exact) mass is 255 g/mol. The van der Waals surface area contributed by atoms with Crippen LogP contribution in [0.4, 0.5) is 0 Å². The molecule has 3 unspecified atom stereocenters. The van der Waals surface area contributed by atoms with Crippen LogP contribution in [0.25, 0.3) is 0 Å². The largest absolute Gasteiger partial charge is 0.311 e. The fourth-order valence-corrected chi connectivity index (χ4v) is 4.07. The number of nitrogens with one attached hydrogen (secondary N) is 1. The van der Waals surface area contributed by atoms with Crippen LogP contribution in [0.15, 0.2) is 0 Å². The highest BCUT2D eigenvalue weighted by atomic mass is 32.2. The molecule has 2 saturated carbocycles. The van der Waals surface area contributed by atoms with E-state index >= 15 is 0 Å². The molecule has 0 aromatic carbocycles. The third kappa shape index (κ3) is 4.82. The van der Waals surface area contributed by atoms with Crippen molar-refractivity contribution >= 4 is 11.8 Å². The van der Waals surface area contributed by atoms with Crippen molar-refractivity contribution in [3.8, 4) is 0 Å². The summed E-state index contributed by atoms with van der Waals surface area (Å²) in [7, 11) is 0. The highest BCUT2D eigenvalue weighted by molar-refractivity contribution is 7.99. The minimum atomic E-state index is 0.719. The van der Waals surface area contributed by atoms with E-state index in [9.17, 15) is 0 Å². The molecular weight excluding hydrogens is 226 g/mol. The zero-order valence-corrected chi connectivity index (χ0v) is 12.4. The molecule has 2 fully saturated rings. The highest BCUT2D eigenvalue weighted by Crippen LogP contribution is 2.43. The van der Waals surface area contributed by atoms with Gasteiger partial charge in [-0.25, -0.2) is 0 Å². The van der Waals surface area contributed by atoms with Gasteiger partial charge in [-0.15, -0.1) is 0 Å². The topological polar surface area (TPSA) is 12.0 Å². The maximum Gasteiger partial charge on any atom is 0.00722 e. The van der Waals surface area contributed by atoms with Crippen molar-refractivity contribution in [3.05, 3.63) is 0 Å². The average Bonchev–Trinajstić information content (AvgIpc) is 3.13. The maximum atomic E-state index is 3.88. The van der Waals surface area contributed by atoms with E-state index in [1.807, 2.05) is 0 Å². The van der Waals surface area contributed by atoms with E-state index < -0.39 is 0 Å². The number of rotatable bonds is 7. The quantitative estimate of drug-likeness (QED) is 0.688. The standard InChI is InChI=1S/C15H29NS/c1-3-17-10-9-12(2)16-15-6-4-5-14(11-15)13-7-8-13/h12-16H,3-11H2,1-2H3. The SMILES string of the molecule is CCSCCC(C)NC1CCCC(C2CC2)C1. The summed E-state index contributed by atoms with van der Waals surface area (Å²) in [6.45, 7) is 4.63. The van der Waals surface area contributed by atoms with Crippen LogP contribution >= 0.6 is 11.8 Å². The molecule has 0 aliphatic heterocycles. The summed E-state index contributed by atoms with van der Waals surface area (Å²) in [6, 6.07) is 1.55. The molecule has 0 spiro atoms. The van der Waals surface area contributed by atoms with Gasteiger partial charge in [-0.1, -0.05) is 19.8 Å². The lowest BCUT2D eigenvalue weighted by Gasteiger charge is -2.32. The van der Waals surface area contributed by atoms with Gasteiger partial charge in [-0.2, -0.15) is 11.8 Å². The Kier molecular flexibility index (Phi) is 5.68. The lowest BCUT2D eigenvalue weighted by Crippen LogP contribution is -2.40. The third-order valence-electron chi connectivity index (χ3n) is 4.42. The molecule has 0 saturated heterocycles. The van der Waals surface area contributed by atoms with Crippen LogP contribution in [0.1, 0.15) is 58.8 Å². The molecule has 17 heavy (non-hydrogen) atoms. The van der Waals surface area contributed by atoms with E-state index in [0.29, 0.717) is 0 Å². The highest BCUT2D eigenvalue weighted by Gasteiger charge is 2.34. The fourth-order valence-electron chi connectivity index (χ4n) is 3.26. The normalized spacial score (nSPS) is 31.4. The second kappa shape index (κ2) is 7.04. The van der Waals surface area contributed by atoms with E-state index in [-0.39, 0.29) is 0 Å². The smallest absolute Gasteiger partial charge is 0.00722 e. The van der Waals surface area contributed by atoms with Gasteiger partial charge in [0.2, 0.25) is 0 Å². The summed E-state index contributed by atoms with van der Waals surface area (Å²) < 4.78 is 0. The predicted molar refractivity (Wildman–Crippen MR) is 78.7 cm³/mol. The molecule has 2 aliphatic carbocycles. The molecule has 1 nitrogen and oxygen atoms in total. The van der Waals surface area contributed by atoms with Crippen molar-refractivity contribution in [2.24, 2.45) is 11.8 Å². The molecule has 0 bridgehead atoms. The Hall–Kier alpha value is 0.310. The minimum Gasteiger partial charge on any atom is -0.311 e. The zero-order chi connectivity index (χ0) is 12.1. The van der Waals surface area contributed by atoms with Crippen LogP contribution in [0.2, 0.25) is 0 Å². The Morgan fingerprint density at radius 3 is 2.71 bits per heavy atom. The van der Waals surface area contributed by atoms with Gasteiger partial charge in [0.15, 0.2) is 0 Å². The van der Waals surface area contributed by atoms with Crippen molar-refractivity contribution in [2.75, 3.05) is 11.5 Å². The van der Waals surface area contributed by atoms with E-state index in [4.69, 9.17) is 0 Å². The molecule has 0 radical (unpaired) electrons. The summed E-state index contributed by atoms with van der Waals surface area (Å²) in [6.07, 6.45) is 10.3. The van der Waals surface area contributed by atoms with Crippen LogP contribution < -0.4 is 5.32 Å². The van der Waals surface area contributed by atoms with Gasteiger partial charge < -0.3 is 5.32 Å². The van der Waals surface area contributed by atoms with Crippen LogP contribution in [0.5, 0.6) is 0 Å². The Balaban J connectivity index is 1.63. The average molecular weight is 255 g/mol. The van der Waals surface area contributed by atoms with Gasteiger partial charge in [0.1, 0.15) is 0 Å². The van der Waals surface area contributed by atoms with Gasteiger partial charge in [0.05, 0.1) is 0 Å².